The molecule has 156 valence electrons. The van der Waals surface area contributed by atoms with Crippen LogP contribution in [0, 0.1) is 19.3 Å². The fourth-order valence-corrected chi connectivity index (χ4v) is 4.84. The van der Waals surface area contributed by atoms with Gasteiger partial charge in [-0.1, -0.05) is 29.8 Å². The SMILES string of the molecule is Cc1cccc(-c2nc(CO)c(N3CCC4(CC3)CO[C@@H](C)[C@H]4N)nc2C)c1Cl. The van der Waals surface area contributed by atoms with E-state index < -0.39 is 0 Å². The van der Waals surface area contributed by atoms with Gasteiger partial charge in [-0.05, 0) is 39.2 Å². The normalized spacial score (nSPS) is 23.7. The molecule has 0 radical (unpaired) electrons. The Labute approximate surface area is 177 Å². The summed E-state index contributed by atoms with van der Waals surface area (Å²) in [5, 5.41) is 10.7. The fraction of sp³-hybridized carbons (Fsp3) is 0.545. The van der Waals surface area contributed by atoms with Crippen LogP contribution >= 0.6 is 11.6 Å². The number of ether oxygens (including phenoxy) is 1. The van der Waals surface area contributed by atoms with E-state index >= 15 is 0 Å². The van der Waals surface area contributed by atoms with Crippen LogP contribution in [0.25, 0.3) is 11.3 Å². The van der Waals surface area contributed by atoms with E-state index in [1.807, 2.05) is 32.0 Å². The van der Waals surface area contributed by atoms with Gasteiger partial charge in [0.25, 0.3) is 0 Å². The van der Waals surface area contributed by atoms with E-state index in [0.29, 0.717) is 10.7 Å². The van der Waals surface area contributed by atoms with Gasteiger partial charge >= 0.3 is 0 Å². The van der Waals surface area contributed by atoms with Crippen molar-refractivity contribution in [3.63, 3.8) is 0 Å². The highest BCUT2D eigenvalue weighted by molar-refractivity contribution is 6.34. The van der Waals surface area contributed by atoms with Crippen LogP contribution in [0.15, 0.2) is 18.2 Å². The summed E-state index contributed by atoms with van der Waals surface area (Å²) in [7, 11) is 0. The van der Waals surface area contributed by atoms with Crippen molar-refractivity contribution in [3.8, 4) is 11.3 Å². The molecule has 0 unspecified atom stereocenters. The van der Waals surface area contributed by atoms with Crippen LogP contribution < -0.4 is 10.6 Å². The van der Waals surface area contributed by atoms with Gasteiger partial charge in [0, 0.05) is 30.1 Å². The first-order chi connectivity index (χ1) is 13.9. The zero-order valence-electron chi connectivity index (χ0n) is 17.3. The molecule has 3 heterocycles. The van der Waals surface area contributed by atoms with Crippen molar-refractivity contribution in [3.05, 3.63) is 40.2 Å². The molecular weight excluding hydrogens is 388 g/mol. The third-order valence-corrected chi connectivity index (χ3v) is 7.12. The smallest absolute Gasteiger partial charge is 0.153 e. The summed E-state index contributed by atoms with van der Waals surface area (Å²) in [6, 6.07) is 5.95. The zero-order valence-corrected chi connectivity index (χ0v) is 18.0. The summed E-state index contributed by atoms with van der Waals surface area (Å²) in [5.41, 5.74) is 10.4. The number of piperidine rings is 1. The van der Waals surface area contributed by atoms with E-state index in [1.54, 1.807) is 0 Å². The number of rotatable bonds is 3. The van der Waals surface area contributed by atoms with Gasteiger partial charge in [-0.3, -0.25) is 0 Å². The van der Waals surface area contributed by atoms with Crippen LogP contribution in [0.2, 0.25) is 5.02 Å². The summed E-state index contributed by atoms with van der Waals surface area (Å²) in [6.07, 6.45) is 2.01. The molecule has 0 aliphatic carbocycles. The first kappa shape index (κ1) is 20.5. The number of nitrogens with two attached hydrogens (primary N) is 1. The molecule has 2 aliphatic rings. The number of halogens is 1. The molecule has 4 rings (SSSR count). The Morgan fingerprint density at radius 2 is 2.00 bits per heavy atom. The molecule has 1 aromatic heterocycles. The minimum Gasteiger partial charge on any atom is -0.390 e. The van der Waals surface area contributed by atoms with Crippen molar-refractivity contribution >= 4 is 17.4 Å². The summed E-state index contributed by atoms with van der Waals surface area (Å²) < 4.78 is 5.82. The Bertz CT molecular complexity index is 912. The number of hydrogen-bond acceptors (Lipinski definition) is 6. The highest BCUT2D eigenvalue weighted by Gasteiger charge is 2.47. The van der Waals surface area contributed by atoms with Crippen LogP contribution in [-0.2, 0) is 11.3 Å². The number of hydrogen-bond donors (Lipinski definition) is 2. The van der Waals surface area contributed by atoms with Crippen molar-refractivity contribution in [2.24, 2.45) is 11.1 Å². The van der Waals surface area contributed by atoms with Crippen LogP contribution in [0.1, 0.15) is 36.7 Å². The second-order valence-electron chi connectivity index (χ2n) is 8.41. The van der Waals surface area contributed by atoms with Crippen molar-refractivity contribution < 1.29 is 9.84 Å². The molecule has 2 aliphatic heterocycles. The maximum atomic E-state index is 10.0. The number of anilines is 1. The number of aliphatic hydroxyl groups excluding tert-OH is 1. The molecule has 2 atom stereocenters. The molecule has 29 heavy (non-hydrogen) atoms. The largest absolute Gasteiger partial charge is 0.390 e. The Hall–Kier alpha value is -1.73. The molecule has 2 saturated heterocycles. The quantitative estimate of drug-likeness (QED) is 0.799. The number of aliphatic hydroxyl groups is 1. The number of nitrogens with zero attached hydrogens (tertiary/aromatic N) is 3. The molecule has 1 aromatic carbocycles. The van der Waals surface area contributed by atoms with E-state index in [1.165, 1.54) is 0 Å². The maximum Gasteiger partial charge on any atom is 0.153 e. The topological polar surface area (TPSA) is 84.5 Å². The summed E-state index contributed by atoms with van der Waals surface area (Å²) in [4.78, 5) is 11.8. The molecule has 6 nitrogen and oxygen atoms in total. The predicted octanol–water partition coefficient (Wildman–Crippen LogP) is 3.24. The average Bonchev–Trinajstić information content (AvgIpc) is 2.99. The minimum atomic E-state index is -0.166. The third kappa shape index (κ3) is 3.52. The van der Waals surface area contributed by atoms with Gasteiger partial charge in [0.2, 0.25) is 0 Å². The van der Waals surface area contributed by atoms with E-state index in [9.17, 15) is 5.11 Å². The van der Waals surface area contributed by atoms with Gasteiger partial charge in [0.15, 0.2) is 5.82 Å². The fourth-order valence-electron chi connectivity index (χ4n) is 4.62. The summed E-state index contributed by atoms with van der Waals surface area (Å²) in [5.74, 6) is 0.757. The highest BCUT2D eigenvalue weighted by atomic mass is 35.5. The Kier molecular flexibility index (Phi) is 5.55. The lowest BCUT2D eigenvalue weighted by atomic mass is 9.73. The lowest BCUT2D eigenvalue weighted by Crippen LogP contribution is -2.51. The molecule has 0 bridgehead atoms. The number of aromatic nitrogens is 2. The van der Waals surface area contributed by atoms with Crippen molar-refractivity contribution in [2.45, 2.75) is 52.4 Å². The standard InChI is InChI=1S/C22H29ClN4O2/c1-13-5-4-6-16(18(13)23)19-14(2)25-21(17(11-28)26-19)27-9-7-22(8-10-27)12-29-15(3)20(22)24/h4-6,15,20,28H,7-12,24H2,1-3H3/t15-,20+/m0/s1. The van der Waals surface area contributed by atoms with Gasteiger partial charge < -0.3 is 20.5 Å². The van der Waals surface area contributed by atoms with Gasteiger partial charge in [-0.15, -0.1) is 0 Å². The molecule has 2 fully saturated rings. The van der Waals surface area contributed by atoms with Gasteiger partial charge in [0.05, 0.1) is 35.7 Å². The molecule has 2 aromatic rings. The molecule has 0 amide bonds. The Morgan fingerprint density at radius 3 is 2.62 bits per heavy atom. The van der Waals surface area contributed by atoms with E-state index in [2.05, 4.69) is 11.8 Å². The molecule has 3 N–H and O–H groups in total. The van der Waals surface area contributed by atoms with Crippen LogP contribution in [0.4, 0.5) is 5.82 Å². The number of benzene rings is 1. The Balaban J connectivity index is 1.63. The Morgan fingerprint density at radius 1 is 1.28 bits per heavy atom. The summed E-state index contributed by atoms with van der Waals surface area (Å²) >= 11 is 6.51. The zero-order chi connectivity index (χ0) is 20.8. The van der Waals surface area contributed by atoms with Gasteiger partial charge in [-0.25, -0.2) is 9.97 Å². The highest BCUT2D eigenvalue weighted by Crippen LogP contribution is 2.42. The van der Waals surface area contributed by atoms with Crippen molar-refractivity contribution in [1.29, 1.82) is 0 Å². The summed E-state index contributed by atoms with van der Waals surface area (Å²) in [6.45, 7) is 8.19. The lowest BCUT2D eigenvalue weighted by molar-refractivity contribution is 0.0973. The van der Waals surface area contributed by atoms with E-state index in [-0.39, 0.29) is 24.2 Å². The minimum absolute atomic E-state index is 0.0484. The van der Waals surface area contributed by atoms with E-state index in [0.717, 1.165) is 60.9 Å². The molecular formula is C22H29ClN4O2. The average molecular weight is 417 g/mol. The van der Waals surface area contributed by atoms with Crippen LogP contribution in [0.3, 0.4) is 0 Å². The maximum absolute atomic E-state index is 10.0. The van der Waals surface area contributed by atoms with Gasteiger partial charge in [0.1, 0.15) is 5.69 Å². The first-order valence-corrected chi connectivity index (χ1v) is 10.6. The number of aryl methyl sites for hydroxylation is 2. The van der Waals surface area contributed by atoms with Gasteiger partial charge in [-0.2, -0.15) is 0 Å². The third-order valence-electron chi connectivity index (χ3n) is 6.62. The lowest BCUT2D eigenvalue weighted by Gasteiger charge is -2.42. The van der Waals surface area contributed by atoms with Crippen LogP contribution in [0.5, 0.6) is 0 Å². The molecule has 1 spiro atoms. The molecule has 7 heteroatoms. The van der Waals surface area contributed by atoms with E-state index in [4.69, 9.17) is 32.0 Å². The molecule has 0 saturated carbocycles. The monoisotopic (exact) mass is 416 g/mol. The second-order valence-corrected chi connectivity index (χ2v) is 8.79. The first-order valence-electron chi connectivity index (χ1n) is 10.2. The van der Waals surface area contributed by atoms with Crippen molar-refractivity contribution in [2.75, 3.05) is 24.6 Å². The van der Waals surface area contributed by atoms with Crippen LogP contribution in [-0.4, -0.2) is 46.9 Å². The predicted molar refractivity (Wildman–Crippen MR) is 115 cm³/mol. The second kappa shape index (κ2) is 7.84. The van der Waals surface area contributed by atoms with Crippen molar-refractivity contribution in [1.82, 2.24) is 9.97 Å².